The first-order valence-corrected chi connectivity index (χ1v) is 6.00. The summed E-state index contributed by atoms with van der Waals surface area (Å²) in [5.41, 5.74) is 0.374. The van der Waals surface area contributed by atoms with E-state index in [2.05, 4.69) is 21.2 Å². The van der Waals surface area contributed by atoms with E-state index >= 15 is 0 Å². The first-order chi connectivity index (χ1) is 6.91. The van der Waals surface area contributed by atoms with Gasteiger partial charge in [-0.2, -0.15) is 0 Å². The highest BCUT2D eigenvalue weighted by molar-refractivity contribution is 9.10. The molecule has 0 saturated heterocycles. The van der Waals surface area contributed by atoms with Crippen molar-refractivity contribution in [3.8, 4) is 0 Å². The van der Waals surface area contributed by atoms with E-state index < -0.39 is 5.38 Å². The number of hydrogen-bond acceptors (Lipinski definition) is 1. The molecule has 0 heterocycles. The van der Waals surface area contributed by atoms with Gasteiger partial charge in [0, 0.05) is 4.47 Å². The minimum atomic E-state index is -0.638. The molecule has 1 unspecified atom stereocenters. The maximum atomic E-state index is 11.3. The first kappa shape index (κ1) is 13.1. The van der Waals surface area contributed by atoms with Crippen LogP contribution >= 0.6 is 50.7 Å². The molecule has 0 radical (unpaired) electrons. The van der Waals surface area contributed by atoms with E-state index in [1.807, 2.05) is 0 Å². The normalized spacial score (nSPS) is 12.3. The fourth-order valence-electron chi connectivity index (χ4n) is 0.884. The predicted octanol–water partition coefficient (Wildman–Crippen LogP) is 4.32. The number of benzene rings is 1. The SMILES string of the molecule is CC(Cl)C(=O)Nc1c(Cl)cc(Br)cc1Cl. The van der Waals surface area contributed by atoms with E-state index in [-0.39, 0.29) is 5.91 Å². The molecular formula is C9H7BrCl3NO. The van der Waals surface area contributed by atoms with Crippen LogP contribution in [0, 0.1) is 0 Å². The molecule has 15 heavy (non-hydrogen) atoms. The van der Waals surface area contributed by atoms with Crippen molar-refractivity contribution in [2.75, 3.05) is 5.32 Å². The highest BCUT2D eigenvalue weighted by Crippen LogP contribution is 2.33. The van der Waals surface area contributed by atoms with E-state index in [0.29, 0.717) is 15.7 Å². The number of hydrogen-bond donors (Lipinski definition) is 1. The van der Waals surface area contributed by atoms with Gasteiger partial charge in [0.05, 0.1) is 15.7 Å². The van der Waals surface area contributed by atoms with Crippen molar-refractivity contribution in [2.45, 2.75) is 12.3 Å². The summed E-state index contributed by atoms with van der Waals surface area (Å²) in [7, 11) is 0. The molecule has 0 spiro atoms. The Balaban J connectivity index is 3.00. The zero-order valence-corrected chi connectivity index (χ0v) is 11.5. The highest BCUT2D eigenvalue weighted by Gasteiger charge is 2.14. The van der Waals surface area contributed by atoms with Crippen LogP contribution in [0.4, 0.5) is 5.69 Å². The summed E-state index contributed by atoms with van der Waals surface area (Å²) in [6.07, 6.45) is 0. The van der Waals surface area contributed by atoms with Gasteiger partial charge in [-0.15, -0.1) is 11.6 Å². The molecule has 1 rings (SSSR count). The van der Waals surface area contributed by atoms with Crippen LogP contribution in [0.25, 0.3) is 0 Å². The molecule has 0 fully saturated rings. The van der Waals surface area contributed by atoms with Gasteiger partial charge >= 0.3 is 0 Å². The van der Waals surface area contributed by atoms with Gasteiger partial charge in [-0.05, 0) is 19.1 Å². The second-order valence-corrected chi connectivity index (χ2v) is 5.23. The van der Waals surface area contributed by atoms with E-state index in [9.17, 15) is 4.79 Å². The molecule has 0 aliphatic rings. The largest absolute Gasteiger partial charge is 0.322 e. The quantitative estimate of drug-likeness (QED) is 0.803. The zero-order chi connectivity index (χ0) is 11.6. The van der Waals surface area contributed by atoms with Gasteiger partial charge < -0.3 is 5.32 Å². The smallest absolute Gasteiger partial charge is 0.242 e. The Bertz CT molecular complexity index is 372. The van der Waals surface area contributed by atoms with Crippen molar-refractivity contribution in [1.82, 2.24) is 0 Å². The van der Waals surface area contributed by atoms with Crippen molar-refractivity contribution >= 4 is 62.3 Å². The molecule has 82 valence electrons. The maximum Gasteiger partial charge on any atom is 0.242 e. The Kier molecular flexibility index (Phi) is 4.71. The average Bonchev–Trinajstić information content (AvgIpc) is 2.10. The molecule has 1 aromatic rings. The monoisotopic (exact) mass is 329 g/mol. The summed E-state index contributed by atoms with van der Waals surface area (Å²) < 4.78 is 0.745. The number of alkyl halides is 1. The van der Waals surface area contributed by atoms with Crippen molar-refractivity contribution < 1.29 is 4.79 Å². The molecule has 2 nitrogen and oxygen atoms in total. The molecule has 0 aromatic heterocycles. The minimum Gasteiger partial charge on any atom is -0.322 e. The van der Waals surface area contributed by atoms with Gasteiger partial charge in [-0.3, -0.25) is 4.79 Å². The van der Waals surface area contributed by atoms with Crippen molar-refractivity contribution in [2.24, 2.45) is 0 Å². The van der Waals surface area contributed by atoms with Gasteiger partial charge in [0.25, 0.3) is 0 Å². The van der Waals surface area contributed by atoms with Crippen LogP contribution in [0.15, 0.2) is 16.6 Å². The first-order valence-electron chi connectivity index (χ1n) is 4.01. The maximum absolute atomic E-state index is 11.3. The lowest BCUT2D eigenvalue weighted by Crippen LogP contribution is -2.20. The Morgan fingerprint density at radius 1 is 1.40 bits per heavy atom. The third-order valence-corrected chi connectivity index (χ3v) is 2.87. The third kappa shape index (κ3) is 3.52. The van der Waals surface area contributed by atoms with Crippen LogP contribution < -0.4 is 5.32 Å². The summed E-state index contributed by atoms with van der Waals surface area (Å²) in [4.78, 5) is 11.3. The average molecular weight is 331 g/mol. The number of carbonyl (C=O) groups is 1. The number of rotatable bonds is 2. The lowest BCUT2D eigenvalue weighted by molar-refractivity contribution is -0.115. The van der Waals surface area contributed by atoms with Crippen molar-refractivity contribution in [3.63, 3.8) is 0 Å². The molecule has 0 aliphatic carbocycles. The van der Waals surface area contributed by atoms with Crippen LogP contribution in [0.1, 0.15) is 6.92 Å². The molecular weight excluding hydrogens is 324 g/mol. The molecule has 0 bridgehead atoms. The molecule has 1 N–H and O–H groups in total. The summed E-state index contributed by atoms with van der Waals surface area (Å²) in [6.45, 7) is 1.57. The number of amides is 1. The standard InChI is InChI=1S/C9H7BrCl3NO/c1-4(11)9(15)14-8-6(12)2-5(10)3-7(8)13/h2-4H,1H3,(H,14,15). The van der Waals surface area contributed by atoms with E-state index in [4.69, 9.17) is 34.8 Å². The minimum absolute atomic E-state index is 0.345. The molecule has 0 saturated carbocycles. The second-order valence-electron chi connectivity index (χ2n) is 2.85. The fourth-order valence-corrected chi connectivity index (χ4v) is 2.24. The van der Waals surface area contributed by atoms with Gasteiger partial charge in [0.15, 0.2) is 0 Å². The summed E-state index contributed by atoms with van der Waals surface area (Å²) in [5, 5.41) is 2.63. The van der Waals surface area contributed by atoms with Gasteiger partial charge in [-0.25, -0.2) is 0 Å². The summed E-state index contributed by atoms with van der Waals surface area (Å²) in [6, 6.07) is 3.28. The van der Waals surface area contributed by atoms with Crippen LogP contribution in [-0.2, 0) is 4.79 Å². The van der Waals surface area contributed by atoms with Crippen LogP contribution in [0.2, 0.25) is 10.0 Å². The predicted molar refractivity (Wildman–Crippen MR) is 68.1 cm³/mol. The van der Waals surface area contributed by atoms with Gasteiger partial charge in [0.1, 0.15) is 5.38 Å². The third-order valence-electron chi connectivity index (χ3n) is 1.62. The molecule has 1 amide bonds. The van der Waals surface area contributed by atoms with Crippen LogP contribution in [-0.4, -0.2) is 11.3 Å². The number of anilines is 1. The van der Waals surface area contributed by atoms with Crippen molar-refractivity contribution in [1.29, 1.82) is 0 Å². The van der Waals surface area contributed by atoms with Gasteiger partial charge in [-0.1, -0.05) is 39.1 Å². The number of carbonyl (C=O) groups excluding carboxylic acids is 1. The second kappa shape index (κ2) is 5.39. The topological polar surface area (TPSA) is 29.1 Å². The molecule has 1 aromatic carbocycles. The number of halogens is 4. The Morgan fingerprint density at radius 3 is 2.27 bits per heavy atom. The Morgan fingerprint density at radius 2 is 1.87 bits per heavy atom. The Labute approximate surface area is 111 Å². The lowest BCUT2D eigenvalue weighted by atomic mass is 10.3. The highest BCUT2D eigenvalue weighted by atomic mass is 79.9. The van der Waals surface area contributed by atoms with Crippen LogP contribution in [0.5, 0.6) is 0 Å². The number of nitrogens with one attached hydrogen (secondary N) is 1. The van der Waals surface area contributed by atoms with Gasteiger partial charge in [0.2, 0.25) is 5.91 Å². The van der Waals surface area contributed by atoms with E-state index in [1.165, 1.54) is 0 Å². The lowest BCUT2D eigenvalue weighted by Gasteiger charge is -2.10. The fraction of sp³-hybridized carbons (Fsp3) is 0.222. The summed E-state index contributed by atoms with van der Waals surface area (Å²) >= 11 is 20.7. The zero-order valence-electron chi connectivity index (χ0n) is 7.65. The molecule has 0 aliphatic heterocycles. The summed E-state index contributed by atoms with van der Waals surface area (Å²) in [5.74, 6) is -0.345. The van der Waals surface area contributed by atoms with Crippen LogP contribution in [0.3, 0.4) is 0 Å². The van der Waals surface area contributed by atoms with E-state index in [0.717, 1.165) is 4.47 Å². The van der Waals surface area contributed by atoms with E-state index in [1.54, 1.807) is 19.1 Å². The Hall–Kier alpha value is 0.0400. The van der Waals surface area contributed by atoms with Crippen molar-refractivity contribution in [3.05, 3.63) is 26.7 Å². The molecule has 6 heteroatoms. The molecule has 1 atom stereocenters.